The van der Waals surface area contributed by atoms with E-state index in [9.17, 15) is 9.18 Å². The summed E-state index contributed by atoms with van der Waals surface area (Å²) in [6.07, 6.45) is 3.29. The number of allylic oxidation sites excluding steroid dienone is 2. The second kappa shape index (κ2) is 7.48. The fourth-order valence-corrected chi connectivity index (χ4v) is 4.72. The first-order valence-corrected chi connectivity index (χ1v) is 10.6. The maximum atomic E-state index is 13.5. The van der Waals surface area contributed by atoms with E-state index >= 15 is 0 Å². The summed E-state index contributed by atoms with van der Waals surface area (Å²) in [4.78, 5) is 17.4. The molecule has 1 aliphatic heterocycles. The molecular formula is C22H19FN4OS. The van der Waals surface area contributed by atoms with Gasteiger partial charge in [0, 0.05) is 17.9 Å². The normalized spacial score (nSPS) is 20.4. The van der Waals surface area contributed by atoms with Gasteiger partial charge in [-0.1, -0.05) is 60.3 Å². The smallest absolute Gasteiger partial charge is 0.227 e. The summed E-state index contributed by atoms with van der Waals surface area (Å²) >= 11 is 1.55. The van der Waals surface area contributed by atoms with Crippen LogP contribution >= 0.6 is 11.8 Å². The molecule has 1 N–H and O–H groups in total. The van der Waals surface area contributed by atoms with E-state index in [1.165, 1.54) is 17.7 Å². The van der Waals surface area contributed by atoms with Crippen molar-refractivity contribution in [2.24, 2.45) is 5.92 Å². The van der Waals surface area contributed by atoms with Gasteiger partial charge in [-0.15, -0.1) is 5.10 Å². The second-order valence-electron chi connectivity index (χ2n) is 7.20. The number of fused-ring (bicyclic) bond motifs is 2. The number of nitrogens with zero attached hydrogens (tertiary/aromatic N) is 3. The standard InChI is InChI=1S/C22H19FN4OS/c23-16-11-9-15(10-12-16)20-19-17(7-4-8-18(19)28)24-21-25-22(26-27(20)21)29-13-14-5-2-1-3-6-14/h1-3,5-7,9-12,19-20H,4,8,13H2,(H,24,25,26)/t19-,20-/m0/s1. The molecule has 0 fully saturated rings. The third-order valence-corrected chi connectivity index (χ3v) is 6.22. The number of carbonyl (C=O) groups is 1. The van der Waals surface area contributed by atoms with E-state index in [0.29, 0.717) is 17.5 Å². The number of rotatable bonds is 4. The molecule has 0 spiro atoms. The van der Waals surface area contributed by atoms with Crippen LogP contribution in [-0.2, 0) is 10.5 Å². The molecule has 2 aromatic carbocycles. The molecule has 0 radical (unpaired) electrons. The summed E-state index contributed by atoms with van der Waals surface area (Å²) in [7, 11) is 0. The average Bonchev–Trinajstić information content (AvgIpc) is 3.15. The molecule has 7 heteroatoms. The molecule has 0 unspecified atom stereocenters. The third kappa shape index (κ3) is 3.46. The second-order valence-corrected chi connectivity index (χ2v) is 8.14. The van der Waals surface area contributed by atoms with Crippen LogP contribution in [0.15, 0.2) is 71.5 Å². The van der Waals surface area contributed by atoms with Gasteiger partial charge in [0.15, 0.2) is 0 Å². The predicted octanol–water partition coefficient (Wildman–Crippen LogP) is 4.59. The van der Waals surface area contributed by atoms with Gasteiger partial charge >= 0.3 is 0 Å². The maximum absolute atomic E-state index is 13.5. The van der Waals surface area contributed by atoms with Crippen LogP contribution in [0.2, 0.25) is 0 Å². The molecule has 0 saturated carbocycles. The summed E-state index contributed by atoms with van der Waals surface area (Å²) in [6.45, 7) is 0. The predicted molar refractivity (Wildman–Crippen MR) is 110 cm³/mol. The van der Waals surface area contributed by atoms with Crippen molar-refractivity contribution >= 4 is 23.5 Å². The number of Topliss-reactive ketones (excluding diaryl/α,β-unsaturated/α-hetero) is 1. The van der Waals surface area contributed by atoms with Gasteiger partial charge in [0.05, 0.1) is 12.0 Å². The first-order valence-electron chi connectivity index (χ1n) is 9.57. The number of aromatic nitrogens is 3. The Morgan fingerprint density at radius 3 is 2.72 bits per heavy atom. The minimum absolute atomic E-state index is 0.170. The molecule has 2 atom stereocenters. The quantitative estimate of drug-likeness (QED) is 0.643. The number of hydrogen-bond acceptors (Lipinski definition) is 5. The minimum atomic E-state index is -0.351. The number of anilines is 1. The number of carbonyl (C=O) groups excluding carboxylic acids is 1. The van der Waals surface area contributed by atoms with Crippen molar-refractivity contribution in [3.05, 3.63) is 83.3 Å². The molecule has 0 saturated heterocycles. The molecule has 0 amide bonds. The number of benzene rings is 2. The number of ketones is 1. The summed E-state index contributed by atoms with van der Waals surface area (Å²) in [6, 6.07) is 16.1. The molecule has 5 rings (SSSR count). The van der Waals surface area contributed by atoms with Crippen LogP contribution in [-0.4, -0.2) is 20.5 Å². The summed E-state index contributed by atoms with van der Waals surface area (Å²) in [5.74, 6) is 0.897. The fraction of sp³-hybridized carbons (Fsp3) is 0.227. The lowest BCUT2D eigenvalue weighted by atomic mass is 9.81. The number of thioether (sulfide) groups is 1. The van der Waals surface area contributed by atoms with Crippen molar-refractivity contribution in [2.45, 2.75) is 29.8 Å². The largest absolute Gasteiger partial charge is 0.328 e. The SMILES string of the molecule is O=C1CCC=C2Nc3nc(SCc4ccccc4)nn3[C@@H](c3ccc(F)cc3)[C@H]12. The lowest BCUT2D eigenvalue weighted by molar-refractivity contribution is -0.123. The van der Waals surface area contributed by atoms with E-state index in [-0.39, 0.29) is 23.6 Å². The zero-order valence-corrected chi connectivity index (χ0v) is 16.4. The zero-order valence-electron chi connectivity index (χ0n) is 15.6. The van der Waals surface area contributed by atoms with E-state index in [1.807, 2.05) is 18.2 Å². The van der Waals surface area contributed by atoms with Crippen LogP contribution < -0.4 is 5.32 Å². The van der Waals surface area contributed by atoms with E-state index in [1.54, 1.807) is 28.6 Å². The Morgan fingerprint density at radius 2 is 1.93 bits per heavy atom. The Labute approximate surface area is 172 Å². The highest BCUT2D eigenvalue weighted by Gasteiger charge is 2.41. The van der Waals surface area contributed by atoms with E-state index < -0.39 is 0 Å². The Balaban J connectivity index is 1.52. The van der Waals surface area contributed by atoms with Crippen LogP contribution in [0.25, 0.3) is 0 Å². The van der Waals surface area contributed by atoms with Gasteiger partial charge in [-0.05, 0) is 29.7 Å². The molecule has 1 aliphatic carbocycles. The van der Waals surface area contributed by atoms with Crippen molar-refractivity contribution < 1.29 is 9.18 Å². The van der Waals surface area contributed by atoms with Gasteiger partial charge in [-0.2, -0.15) is 4.98 Å². The summed E-state index contributed by atoms with van der Waals surface area (Å²) in [5, 5.41) is 8.65. The van der Waals surface area contributed by atoms with Crippen molar-refractivity contribution in [3.8, 4) is 0 Å². The highest BCUT2D eigenvalue weighted by Crippen LogP contribution is 2.42. The number of nitrogens with one attached hydrogen (secondary N) is 1. The van der Waals surface area contributed by atoms with Crippen LogP contribution in [0.1, 0.15) is 30.0 Å². The monoisotopic (exact) mass is 406 g/mol. The van der Waals surface area contributed by atoms with Crippen LogP contribution in [0.4, 0.5) is 10.3 Å². The van der Waals surface area contributed by atoms with Crippen LogP contribution in [0.3, 0.4) is 0 Å². The first kappa shape index (κ1) is 18.1. The molecule has 2 aliphatic rings. The Kier molecular flexibility index (Phi) is 4.67. The van der Waals surface area contributed by atoms with Crippen LogP contribution in [0.5, 0.6) is 0 Å². The topological polar surface area (TPSA) is 59.8 Å². The van der Waals surface area contributed by atoms with E-state index in [4.69, 9.17) is 5.10 Å². The molecule has 1 aromatic heterocycles. The lowest BCUT2D eigenvalue weighted by Crippen LogP contribution is -2.38. The Hall–Kier alpha value is -2.93. The highest BCUT2D eigenvalue weighted by molar-refractivity contribution is 7.98. The molecule has 29 heavy (non-hydrogen) atoms. The third-order valence-electron chi connectivity index (χ3n) is 5.31. The van der Waals surface area contributed by atoms with E-state index in [0.717, 1.165) is 23.4 Å². The molecule has 5 nitrogen and oxygen atoms in total. The highest BCUT2D eigenvalue weighted by atomic mass is 32.2. The van der Waals surface area contributed by atoms with Gasteiger partial charge in [0.1, 0.15) is 11.6 Å². The summed E-state index contributed by atoms with van der Waals surface area (Å²) < 4.78 is 15.3. The fourth-order valence-electron chi connectivity index (χ4n) is 3.93. The van der Waals surface area contributed by atoms with Crippen molar-refractivity contribution in [3.63, 3.8) is 0 Å². The van der Waals surface area contributed by atoms with Gasteiger partial charge in [0.25, 0.3) is 0 Å². The molecule has 3 aromatic rings. The minimum Gasteiger partial charge on any atom is -0.328 e. The van der Waals surface area contributed by atoms with Gasteiger partial charge in [0.2, 0.25) is 11.1 Å². The molecule has 146 valence electrons. The first-order chi connectivity index (χ1) is 14.2. The van der Waals surface area contributed by atoms with Gasteiger partial charge < -0.3 is 5.32 Å². The maximum Gasteiger partial charge on any atom is 0.227 e. The van der Waals surface area contributed by atoms with Gasteiger partial charge in [-0.25, -0.2) is 9.07 Å². The summed E-state index contributed by atoms with van der Waals surface area (Å²) in [5.41, 5.74) is 2.92. The molecular weight excluding hydrogens is 387 g/mol. The molecule has 0 bridgehead atoms. The van der Waals surface area contributed by atoms with E-state index in [2.05, 4.69) is 28.5 Å². The molecule has 2 heterocycles. The average molecular weight is 406 g/mol. The number of hydrogen-bond donors (Lipinski definition) is 1. The van der Waals surface area contributed by atoms with Crippen molar-refractivity contribution in [2.75, 3.05) is 5.32 Å². The number of halogens is 1. The van der Waals surface area contributed by atoms with Gasteiger partial charge in [-0.3, -0.25) is 4.79 Å². The lowest BCUT2D eigenvalue weighted by Gasteiger charge is -2.36. The van der Waals surface area contributed by atoms with Crippen molar-refractivity contribution in [1.29, 1.82) is 0 Å². The Morgan fingerprint density at radius 1 is 1.14 bits per heavy atom. The van der Waals surface area contributed by atoms with Crippen LogP contribution in [0, 0.1) is 11.7 Å². The van der Waals surface area contributed by atoms with Crippen molar-refractivity contribution in [1.82, 2.24) is 14.8 Å². The Bertz CT molecular complexity index is 1080. The zero-order chi connectivity index (χ0) is 19.8.